The van der Waals surface area contributed by atoms with Gasteiger partial charge in [-0.05, 0) is 57.0 Å². The molecule has 0 saturated heterocycles. The van der Waals surface area contributed by atoms with Crippen LogP contribution in [0.2, 0.25) is 0 Å². The second-order valence-corrected chi connectivity index (χ2v) is 8.18. The van der Waals surface area contributed by atoms with Crippen molar-refractivity contribution in [2.45, 2.75) is 52.9 Å². The molecule has 0 heterocycles. The Morgan fingerprint density at radius 2 is 1.70 bits per heavy atom. The maximum atomic E-state index is 12.1. The smallest absolute Gasteiger partial charge is 0.310 e. The second kappa shape index (κ2) is 9.90. The summed E-state index contributed by atoms with van der Waals surface area (Å²) < 4.78 is 17.9. The highest BCUT2D eigenvalue weighted by Gasteiger charge is 2.18. The Hall–Kier alpha value is -1.85. The molecule has 2 rings (SSSR count). The maximum absolute atomic E-state index is 12.1. The number of carbonyl (C=O) groups is 1. The molecule has 4 nitrogen and oxygen atoms in total. The van der Waals surface area contributed by atoms with Crippen LogP contribution in [0.3, 0.4) is 0 Å². The minimum atomic E-state index is -0.500. The van der Waals surface area contributed by atoms with Gasteiger partial charge in [0.15, 0.2) is 0 Å². The van der Waals surface area contributed by atoms with Crippen LogP contribution in [0.5, 0.6) is 5.75 Å². The van der Waals surface area contributed by atoms with E-state index in [4.69, 9.17) is 14.2 Å². The van der Waals surface area contributed by atoms with E-state index >= 15 is 0 Å². The van der Waals surface area contributed by atoms with Crippen molar-refractivity contribution >= 4 is 21.9 Å². The summed E-state index contributed by atoms with van der Waals surface area (Å²) in [5.41, 5.74) is 2.44. The first-order valence-electron chi connectivity index (χ1n) is 9.05. The average Bonchev–Trinajstić information content (AvgIpc) is 2.57. The van der Waals surface area contributed by atoms with Crippen molar-refractivity contribution in [2.24, 2.45) is 0 Å². The molecule has 0 aliphatic carbocycles. The van der Waals surface area contributed by atoms with Crippen molar-refractivity contribution in [1.82, 2.24) is 0 Å². The Morgan fingerprint density at radius 1 is 1.04 bits per heavy atom. The summed E-state index contributed by atoms with van der Waals surface area (Å²) in [7, 11) is 0. The van der Waals surface area contributed by atoms with Gasteiger partial charge < -0.3 is 14.2 Å². The minimum Gasteiger partial charge on any atom is -0.489 e. The summed E-state index contributed by atoms with van der Waals surface area (Å²) in [6, 6.07) is 13.7. The first-order valence-corrected chi connectivity index (χ1v) is 9.85. The van der Waals surface area contributed by atoms with Crippen molar-refractivity contribution in [2.75, 3.05) is 6.61 Å². The number of rotatable bonds is 8. The maximum Gasteiger partial charge on any atom is 0.310 e. The molecule has 0 saturated carbocycles. The van der Waals surface area contributed by atoms with Crippen LogP contribution >= 0.6 is 15.9 Å². The van der Waals surface area contributed by atoms with Gasteiger partial charge in [0, 0.05) is 16.6 Å². The normalized spacial score (nSPS) is 11.3. The molecule has 0 unspecified atom stereocenters. The molecule has 146 valence electrons. The third-order valence-electron chi connectivity index (χ3n) is 3.61. The summed E-state index contributed by atoms with van der Waals surface area (Å²) in [5.74, 6) is 0.426. The standard InChI is InChI=1S/C22H27BrO4/c1-5-25-14-16-10-17(12-19(23)11-16)15-26-20-9-7-6-8-18(20)13-21(24)27-22(2,3)4/h6-12H,5,13-15H2,1-4H3. The van der Waals surface area contributed by atoms with Crippen LogP contribution in [0.15, 0.2) is 46.9 Å². The van der Waals surface area contributed by atoms with E-state index < -0.39 is 5.60 Å². The molecule has 27 heavy (non-hydrogen) atoms. The van der Waals surface area contributed by atoms with E-state index in [1.807, 2.05) is 64.1 Å². The SMILES string of the molecule is CCOCc1cc(Br)cc(COc2ccccc2CC(=O)OC(C)(C)C)c1. The van der Waals surface area contributed by atoms with Crippen LogP contribution < -0.4 is 4.74 Å². The van der Waals surface area contributed by atoms with E-state index in [-0.39, 0.29) is 12.4 Å². The lowest BCUT2D eigenvalue weighted by atomic mass is 10.1. The molecule has 0 amide bonds. The van der Waals surface area contributed by atoms with E-state index in [9.17, 15) is 4.79 Å². The number of para-hydroxylation sites is 1. The highest BCUT2D eigenvalue weighted by atomic mass is 79.9. The van der Waals surface area contributed by atoms with Gasteiger partial charge in [-0.15, -0.1) is 0 Å². The summed E-state index contributed by atoms with van der Waals surface area (Å²) in [6.07, 6.45) is 0.182. The lowest BCUT2D eigenvalue weighted by molar-refractivity contribution is -0.153. The fraction of sp³-hybridized carbons (Fsp3) is 0.409. The number of ether oxygens (including phenoxy) is 3. The van der Waals surface area contributed by atoms with Crippen LogP contribution in [0, 0.1) is 0 Å². The van der Waals surface area contributed by atoms with Gasteiger partial charge in [-0.25, -0.2) is 0 Å². The van der Waals surface area contributed by atoms with Crippen molar-refractivity contribution in [3.8, 4) is 5.75 Å². The number of esters is 1. The van der Waals surface area contributed by atoms with Crippen LogP contribution in [0.25, 0.3) is 0 Å². The van der Waals surface area contributed by atoms with Gasteiger partial charge in [0.1, 0.15) is 18.0 Å². The summed E-state index contributed by atoms with van der Waals surface area (Å²) in [6.45, 7) is 9.21. The van der Waals surface area contributed by atoms with Gasteiger partial charge in [0.2, 0.25) is 0 Å². The molecule has 5 heteroatoms. The minimum absolute atomic E-state index is 0.182. The molecule has 0 aliphatic rings. The Labute approximate surface area is 170 Å². The van der Waals surface area contributed by atoms with E-state index in [0.717, 1.165) is 21.2 Å². The monoisotopic (exact) mass is 434 g/mol. The number of hydrogen-bond donors (Lipinski definition) is 0. The average molecular weight is 435 g/mol. The quantitative estimate of drug-likeness (QED) is 0.518. The number of carbonyl (C=O) groups excluding carboxylic acids is 1. The largest absolute Gasteiger partial charge is 0.489 e. The number of halogens is 1. The zero-order valence-corrected chi connectivity index (χ0v) is 18.0. The number of benzene rings is 2. The zero-order chi connectivity index (χ0) is 19.9. The van der Waals surface area contributed by atoms with Crippen LogP contribution in [0.4, 0.5) is 0 Å². The Morgan fingerprint density at radius 3 is 2.37 bits per heavy atom. The molecule has 0 fully saturated rings. The molecule has 2 aromatic carbocycles. The topological polar surface area (TPSA) is 44.8 Å². The Kier molecular flexibility index (Phi) is 7.87. The third-order valence-corrected chi connectivity index (χ3v) is 4.07. The third kappa shape index (κ3) is 7.73. The molecule has 0 N–H and O–H groups in total. The lowest BCUT2D eigenvalue weighted by Crippen LogP contribution is -2.25. The lowest BCUT2D eigenvalue weighted by Gasteiger charge is -2.20. The fourth-order valence-electron chi connectivity index (χ4n) is 2.59. The molecule has 0 aliphatic heterocycles. The summed E-state index contributed by atoms with van der Waals surface area (Å²) >= 11 is 3.53. The van der Waals surface area contributed by atoms with E-state index in [1.54, 1.807) is 0 Å². The molecule has 0 atom stereocenters. The highest BCUT2D eigenvalue weighted by Crippen LogP contribution is 2.23. The molecule has 0 radical (unpaired) electrons. The van der Waals surface area contributed by atoms with Crippen LogP contribution in [-0.4, -0.2) is 18.2 Å². The van der Waals surface area contributed by atoms with E-state index in [2.05, 4.69) is 22.0 Å². The molecule has 2 aromatic rings. The zero-order valence-electron chi connectivity index (χ0n) is 16.4. The van der Waals surface area contributed by atoms with Gasteiger partial charge in [0.05, 0.1) is 13.0 Å². The first-order chi connectivity index (χ1) is 12.8. The predicted octanol–water partition coefficient (Wildman–Crippen LogP) is 5.45. The van der Waals surface area contributed by atoms with Crippen molar-refractivity contribution in [3.63, 3.8) is 0 Å². The van der Waals surface area contributed by atoms with Crippen molar-refractivity contribution < 1.29 is 19.0 Å². The van der Waals surface area contributed by atoms with Gasteiger partial charge >= 0.3 is 5.97 Å². The van der Waals surface area contributed by atoms with Gasteiger partial charge in [-0.2, -0.15) is 0 Å². The van der Waals surface area contributed by atoms with E-state index in [1.165, 1.54) is 0 Å². The van der Waals surface area contributed by atoms with Gasteiger partial charge in [0.25, 0.3) is 0 Å². The second-order valence-electron chi connectivity index (χ2n) is 7.26. The summed E-state index contributed by atoms with van der Waals surface area (Å²) in [4.78, 5) is 12.1. The Bertz CT molecular complexity index is 765. The van der Waals surface area contributed by atoms with Crippen molar-refractivity contribution in [3.05, 3.63) is 63.6 Å². The van der Waals surface area contributed by atoms with Crippen molar-refractivity contribution in [1.29, 1.82) is 0 Å². The number of hydrogen-bond acceptors (Lipinski definition) is 4. The molecule has 0 spiro atoms. The fourth-order valence-corrected chi connectivity index (χ4v) is 3.18. The summed E-state index contributed by atoms with van der Waals surface area (Å²) in [5, 5.41) is 0. The predicted molar refractivity (Wildman–Crippen MR) is 110 cm³/mol. The van der Waals surface area contributed by atoms with Gasteiger partial charge in [-0.3, -0.25) is 4.79 Å². The Balaban J connectivity index is 2.06. The molecular formula is C22H27BrO4. The molecule has 0 aromatic heterocycles. The molecular weight excluding hydrogens is 408 g/mol. The van der Waals surface area contributed by atoms with Gasteiger partial charge in [-0.1, -0.05) is 40.2 Å². The molecule has 0 bridgehead atoms. The van der Waals surface area contributed by atoms with E-state index in [0.29, 0.717) is 25.6 Å². The van der Waals surface area contributed by atoms with Crippen LogP contribution in [-0.2, 0) is 33.9 Å². The van der Waals surface area contributed by atoms with Crippen LogP contribution in [0.1, 0.15) is 44.4 Å². The highest BCUT2D eigenvalue weighted by molar-refractivity contribution is 9.10. The first kappa shape index (κ1) is 21.5.